The fraction of sp³-hybridized carbons (Fsp3) is 0.750. The van der Waals surface area contributed by atoms with Crippen molar-refractivity contribution in [3.05, 3.63) is 0 Å². The fourth-order valence-electron chi connectivity index (χ4n) is 2.40. The van der Waals surface area contributed by atoms with Gasteiger partial charge in [-0.3, -0.25) is 19.5 Å². The number of rotatable bonds is 10. The Balaban J connectivity index is 2.53. The van der Waals surface area contributed by atoms with Crippen molar-refractivity contribution in [3.63, 3.8) is 0 Å². The normalized spacial score (nSPS) is 19.0. The lowest BCUT2D eigenvalue weighted by molar-refractivity contribution is -0.137. The molecular formula is C16H28N4O2S. The van der Waals surface area contributed by atoms with Crippen LogP contribution in [0.4, 0.5) is 0 Å². The van der Waals surface area contributed by atoms with Gasteiger partial charge >= 0.3 is 0 Å². The second-order valence-corrected chi connectivity index (χ2v) is 5.94. The lowest BCUT2D eigenvalue weighted by Crippen LogP contribution is -2.58. The molecule has 130 valence electrons. The Morgan fingerprint density at radius 1 is 1.26 bits per heavy atom. The molecule has 1 aliphatic rings. The van der Waals surface area contributed by atoms with Gasteiger partial charge in [0.2, 0.25) is 11.8 Å². The molecule has 6 nitrogen and oxygen atoms in total. The molecule has 0 aromatic carbocycles. The van der Waals surface area contributed by atoms with E-state index in [9.17, 15) is 9.59 Å². The predicted octanol–water partition coefficient (Wildman–Crippen LogP) is 1.45. The van der Waals surface area contributed by atoms with E-state index in [2.05, 4.69) is 29.1 Å². The van der Waals surface area contributed by atoms with E-state index >= 15 is 0 Å². The van der Waals surface area contributed by atoms with E-state index in [0.717, 1.165) is 38.9 Å². The van der Waals surface area contributed by atoms with Crippen LogP contribution < -0.4 is 5.32 Å². The van der Waals surface area contributed by atoms with Gasteiger partial charge in [-0.05, 0) is 44.7 Å². The van der Waals surface area contributed by atoms with Gasteiger partial charge in [0.25, 0.3) is 0 Å². The maximum Gasteiger partial charge on any atom is 0.246 e. The number of carbonyl (C=O) groups excluding carboxylic acids is 2. The standard InChI is InChI=1S/C16H28N4O2S/c1-4-7-11-20-15(22)13(14(21)18-16(20)23)12-17-9-8-10-19(5-2)6-3/h12-13H,4-11H2,1-3H3,(H,18,21,23)/t13-/m1/s1. The number of hydrogen-bond donors (Lipinski definition) is 1. The second-order valence-electron chi connectivity index (χ2n) is 5.55. The molecule has 0 spiro atoms. The average Bonchev–Trinajstić information content (AvgIpc) is 2.53. The number of thiocarbonyl (C=S) groups is 1. The number of aliphatic imine (C=N–C) groups is 1. The maximum absolute atomic E-state index is 12.4. The Hall–Kier alpha value is -1.34. The highest BCUT2D eigenvalue weighted by Crippen LogP contribution is 2.10. The van der Waals surface area contributed by atoms with E-state index in [1.54, 1.807) is 0 Å². The molecule has 0 unspecified atom stereocenters. The number of hydrogen-bond acceptors (Lipinski definition) is 5. The fourth-order valence-corrected chi connectivity index (χ4v) is 2.68. The average molecular weight is 340 g/mol. The lowest BCUT2D eigenvalue weighted by atomic mass is 10.1. The number of unbranched alkanes of at least 4 members (excludes halogenated alkanes) is 1. The zero-order valence-electron chi connectivity index (χ0n) is 14.4. The first-order valence-electron chi connectivity index (χ1n) is 8.43. The van der Waals surface area contributed by atoms with Crippen molar-refractivity contribution in [3.8, 4) is 0 Å². The summed E-state index contributed by atoms with van der Waals surface area (Å²) in [7, 11) is 0. The van der Waals surface area contributed by atoms with Crippen molar-refractivity contribution in [2.45, 2.75) is 40.0 Å². The van der Waals surface area contributed by atoms with Crippen molar-refractivity contribution in [1.82, 2.24) is 15.1 Å². The van der Waals surface area contributed by atoms with Crippen molar-refractivity contribution in [2.75, 3.05) is 32.7 Å². The van der Waals surface area contributed by atoms with E-state index < -0.39 is 5.92 Å². The minimum absolute atomic E-state index is 0.208. The van der Waals surface area contributed by atoms with Gasteiger partial charge in [0.1, 0.15) is 0 Å². The van der Waals surface area contributed by atoms with E-state index in [0.29, 0.717) is 13.1 Å². The second kappa shape index (κ2) is 10.4. The molecule has 0 saturated carbocycles. The molecule has 23 heavy (non-hydrogen) atoms. The predicted molar refractivity (Wildman–Crippen MR) is 96.6 cm³/mol. The van der Waals surface area contributed by atoms with Crippen LogP contribution in [0.25, 0.3) is 0 Å². The molecule has 1 N–H and O–H groups in total. The summed E-state index contributed by atoms with van der Waals surface area (Å²) in [4.78, 5) is 32.4. The highest BCUT2D eigenvalue weighted by Gasteiger charge is 2.36. The van der Waals surface area contributed by atoms with Gasteiger partial charge in [-0.2, -0.15) is 0 Å². The van der Waals surface area contributed by atoms with Crippen molar-refractivity contribution in [2.24, 2.45) is 10.9 Å². The van der Waals surface area contributed by atoms with Crippen LogP contribution in [0.3, 0.4) is 0 Å². The first kappa shape index (κ1) is 19.7. The third kappa shape index (κ3) is 5.99. The minimum Gasteiger partial charge on any atom is -0.304 e. The SMILES string of the molecule is CCCCN1C(=O)[C@H](C=NCCCN(CC)CC)C(=O)NC1=S. The zero-order chi connectivity index (χ0) is 17.2. The van der Waals surface area contributed by atoms with Crippen LogP contribution in [0.2, 0.25) is 0 Å². The molecule has 7 heteroatoms. The molecule has 1 rings (SSSR count). The van der Waals surface area contributed by atoms with E-state index in [-0.39, 0.29) is 16.9 Å². The van der Waals surface area contributed by atoms with Crippen molar-refractivity contribution >= 4 is 35.4 Å². The summed E-state index contributed by atoms with van der Waals surface area (Å²) >= 11 is 5.08. The molecule has 0 radical (unpaired) electrons. The molecule has 1 heterocycles. The van der Waals surface area contributed by atoms with Crippen LogP contribution in [0, 0.1) is 5.92 Å². The first-order valence-corrected chi connectivity index (χ1v) is 8.84. The highest BCUT2D eigenvalue weighted by atomic mass is 32.1. The largest absolute Gasteiger partial charge is 0.304 e. The van der Waals surface area contributed by atoms with Gasteiger partial charge in [-0.1, -0.05) is 27.2 Å². The molecule has 1 aliphatic heterocycles. The van der Waals surface area contributed by atoms with Crippen LogP contribution in [0.5, 0.6) is 0 Å². The molecule has 0 aliphatic carbocycles. The monoisotopic (exact) mass is 340 g/mol. The van der Waals surface area contributed by atoms with Crippen molar-refractivity contribution < 1.29 is 9.59 Å². The van der Waals surface area contributed by atoms with Crippen LogP contribution in [0.1, 0.15) is 40.0 Å². The van der Waals surface area contributed by atoms with Gasteiger partial charge < -0.3 is 10.2 Å². The Morgan fingerprint density at radius 2 is 1.96 bits per heavy atom. The van der Waals surface area contributed by atoms with Crippen LogP contribution >= 0.6 is 12.2 Å². The summed E-state index contributed by atoms with van der Waals surface area (Å²) in [5.41, 5.74) is 0. The van der Waals surface area contributed by atoms with Gasteiger partial charge in [0, 0.05) is 19.3 Å². The Labute approximate surface area is 144 Å². The van der Waals surface area contributed by atoms with Crippen molar-refractivity contribution in [1.29, 1.82) is 0 Å². The van der Waals surface area contributed by atoms with E-state index in [1.165, 1.54) is 11.1 Å². The van der Waals surface area contributed by atoms with Gasteiger partial charge in [0.15, 0.2) is 11.0 Å². The van der Waals surface area contributed by atoms with Crippen LogP contribution in [-0.4, -0.2) is 65.7 Å². The number of amides is 2. The third-order valence-corrected chi connectivity index (χ3v) is 4.26. The Bertz CT molecular complexity index is 449. The smallest absolute Gasteiger partial charge is 0.246 e. The van der Waals surface area contributed by atoms with Gasteiger partial charge in [-0.15, -0.1) is 0 Å². The van der Waals surface area contributed by atoms with Crippen LogP contribution in [-0.2, 0) is 9.59 Å². The summed E-state index contributed by atoms with van der Waals surface area (Å²) in [5.74, 6) is -1.49. The summed E-state index contributed by atoms with van der Waals surface area (Å²) in [5, 5.41) is 2.80. The Kier molecular flexibility index (Phi) is 8.94. The van der Waals surface area contributed by atoms with E-state index in [4.69, 9.17) is 12.2 Å². The molecule has 0 bridgehead atoms. The topological polar surface area (TPSA) is 65.0 Å². The van der Waals surface area contributed by atoms with Crippen LogP contribution in [0.15, 0.2) is 4.99 Å². The molecule has 1 atom stereocenters. The van der Waals surface area contributed by atoms with Gasteiger partial charge in [0.05, 0.1) is 0 Å². The first-order chi connectivity index (χ1) is 11.0. The highest BCUT2D eigenvalue weighted by molar-refractivity contribution is 7.80. The zero-order valence-corrected chi connectivity index (χ0v) is 15.2. The number of carbonyl (C=O) groups is 2. The number of nitrogens with one attached hydrogen (secondary N) is 1. The number of nitrogens with zero attached hydrogens (tertiary/aromatic N) is 3. The minimum atomic E-state index is -0.855. The lowest BCUT2D eigenvalue weighted by Gasteiger charge is -2.30. The Morgan fingerprint density at radius 3 is 2.57 bits per heavy atom. The summed E-state index contributed by atoms with van der Waals surface area (Å²) in [6, 6.07) is 0. The molecule has 0 aromatic heterocycles. The van der Waals surface area contributed by atoms with E-state index in [1.807, 2.05) is 6.92 Å². The molecule has 0 aromatic rings. The third-order valence-electron chi connectivity index (χ3n) is 3.94. The summed E-state index contributed by atoms with van der Waals surface area (Å²) < 4.78 is 0. The summed E-state index contributed by atoms with van der Waals surface area (Å²) in [6.45, 7) is 10.5. The molecule has 2 amide bonds. The molecular weight excluding hydrogens is 312 g/mol. The van der Waals surface area contributed by atoms with Gasteiger partial charge in [-0.25, -0.2) is 0 Å². The quantitative estimate of drug-likeness (QED) is 0.283. The summed E-state index contributed by atoms with van der Waals surface area (Å²) in [6.07, 6.45) is 4.21. The molecule has 1 fully saturated rings. The maximum atomic E-state index is 12.4. The molecule has 1 saturated heterocycles.